The zero-order valence-electron chi connectivity index (χ0n) is 10.8. The maximum Gasteiger partial charge on any atom is 0.258 e. The van der Waals surface area contributed by atoms with Crippen molar-refractivity contribution in [3.8, 4) is 11.5 Å². The molecule has 0 spiro atoms. The maximum absolute atomic E-state index is 6.23. The Hall–Kier alpha value is -1.10. The van der Waals surface area contributed by atoms with Crippen LogP contribution in [-0.4, -0.2) is 10.1 Å². The van der Waals surface area contributed by atoms with Crippen LogP contribution >= 0.6 is 23.2 Å². The fourth-order valence-corrected chi connectivity index (χ4v) is 2.04. The van der Waals surface area contributed by atoms with Crippen molar-refractivity contribution in [3.05, 3.63) is 34.1 Å². The van der Waals surface area contributed by atoms with E-state index in [1.165, 1.54) is 0 Å². The van der Waals surface area contributed by atoms with E-state index in [-0.39, 0.29) is 0 Å². The second-order valence-corrected chi connectivity index (χ2v) is 5.23. The van der Waals surface area contributed by atoms with Crippen LogP contribution in [0.2, 0.25) is 10.0 Å². The molecule has 0 unspecified atom stereocenters. The van der Waals surface area contributed by atoms with Crippen molar-refractivity contribution in [2.45, 2.75) is 32.2 Å². The van der Waals surface area contributed by atoms with Gasteiger partial charge in [0.15, 0.2) is 5.82 Å². The summed E-state index contributed by atoms with van der Waals surface area (Å²) in [5.41, 5.74) is 6.40. The van der Waals surface area contributed by atoms with Crippen LogP contribution in [0.3, 0.4) is 0 Å². The summed E-state index contributed by atoms with van der Waals surface area (Å²) in [6.45, 7) is 4.00. The van der Waals surface area contributed by atoms with Gasteiger partial charge < -0.3 is 10.3 Å². The lowest BCUT2D eigenvalue weighted by atomic mass is 9.93. The van der Waals surface area contributed by atoms with Crippen molar-refractivity contribution < 1.29 is 4.52 Å². The molecule has 0 fully saturated rings. The number of nitrogens with zero attached hydrogens (tertiary/aromatic N) is 2. The molecule has 0 atom stereocenters. The van der Waals surface area contributed by atoms with E-state index in [0.717, 1.165) is 18.4 Å². The molecule has 0 saturated carbocycles. The van der Waals surface area contributed by atoms with Crippen LogP contribution in [0.25, 0.3) is 11.5 Å². The summed E-state index contributed by atoms with van der Waals surface area (Å²) in [4.78, 5) is 4.36. The summed E-state index contributed by atoms with van der Waals surface area (Å²) < 4.78 is 5.25. The highest BCUT2D eigenvalue weighted by atomic mass is 35.5. The number of rotatable bonds is 4. The minimum atomic E-state index is -0.558. The van der Waals surface area contributed by atoms with Crippen LogP contribution in [-0.2, 0) is 5.54 Å². The summed E-state index contributed by atoms with van der Waals surface area (Å²) in [5, 5.41) is 4.91. The lowest BCUT2D eigenvalue weighted by Crippen LogP contribution is -2.36. The molecule has 0 aliphatic rings. The molecule has 0 radical (unpaired) electrons. The van der Waals surface area contributed by atoms with E-state index < -0.39 is 5.54 Å². The minimum Gasteiger partial charge on any atom is -0.334 e. The molecule has 2 aromatic rings. The van der Waals surface area contributed by atoms with E-state index in [1.54, 1.807) is 18.2 Å². The van der Waals surface area contributed by atoms with E-state index in [2.05, 4.69) is 10.1 Å². The van der Waals surface area contributed by atoms with E-state index in [9.17, 15) is 0 Å². The van der Waals surface area contributed by atoms with Crippen LogP contribution in [0.4, 0.5) is 0 Å². The van der Waals surface area contributed by atoms with Crippen LogP contribution in [0.5, 0.6) is 0 Å². The summed E-state index contributed by atoms with van der Waals surface area (Å²) in [7, 11) is 0. The molecular formula is C13H15Cl2N3O. The Morgan fingerprint density at radius 1 is 1.21 bits per heavy atom. The first kappa shape index (κ1) is 14.3. The molecular weight excluding hydrogens is 285 g/mol. The molecule has 0 aliphatic heterocycles. The van der Waals surface area contributed by atoms with E-state index in [0.29, 0.717) is 21.8 Å². The molecule has 19 heavy (non-hydrogen) atoms. The van der Waals surface area contributed by atoms with Gasteiger partial charge in [-0.2, -0.15) is 4.98 Å². The molecule has 4 nitrogen and oxygen atoms in total. The second-order valence-electron chi connectivity index (χ2n) is 4.42. The first-order chi connectivity index (χ1) is 9.00. The molecule has 0 amide bonds. The Morgan fingerprint density at radius 3 is 2.47 bits per heavy atom. The highest BCUT2D eigenvalue weighted by Crippen LogP contribution is 2.29. The molecule has 0 saturated heterocycles. The summed E-state index contributed by atoms with van der Waals surface area (Å²) in [6, 6.07) is 5.16. The van der Waals surface area contributed by atoms with E-state index in [1.807, 2.05) is 13.8 Å². The van der Waals surface area contributed by atoms with Crippen molar-refractivity contribution in [2.75, 3.05) is 0 Å². The van der Waals surface area contributed by atoms with Crippen LogP contribution in [0.1, 0.15) is 32.5 Å². The van der Waals surface area contributed by atoms with E-state index in [4.69, 9.17) is 33.5 Å². The standard InChI is InChI=1S/C13H15Cl2N3O/c1-3-13(16,4-2)12-17-11(19-18-12)8-5-6-9(14)10(15)7-8/h5-7H,3-4,16H2,1-2H3. The normalized spacial score (nSPS) is 11.8. The average Bonchev–Trinajstić information content (AvgIpc) is 2.91. The monoisotopic (exact) mass is 299 g/mol. The molecule has 102 valence electrons. The molecule has 2 N–H and O–H groups in total. The van der Waals surface area contributed by atoms with Crippen molar-refractivity contribution in [2.24, 2.45) is 5.73 Å². The fraction of sp³-hybridized carbons (Fsp3) is 0.385. The number of hydrogen-bond donors (Lipinski definition) is 1. The van der Waals surface area contributed by atoms with Crippen molar-refractivity contribution in [3.63, 3.8) is 0 Å². The number of nitrogens with two attached hydrogens (primary N) is 1. The zero-order valence-corrected chi connectivity index (χ0v) is 12.3. The number of benzene rings is 1. The van der Waals surface area contributed by atoms with Crippen LogP contribution < -0.4 is 5.73 Å². The molecule has 0 bridgehead atoms. The topological polar surface area (TPSA) is 64.9 Å². The van der Waals surface area contributed by atoms with Crippen molar-refractivity contribution >= 4 is 23.2 Å². The Balaban J connectivity index is 2.38. The largest absolute Gasteiger partial charge is 0.334 e. The number of hydrogen-bond acceptors (Lipinski definition) is 4. The van der Waals surface area contributed by atoms with Gasteiger partial charge in [-0.1, -0.05) is 42.2 Å². The third-order valence-electron chi connectivity index (χ3n) is 3.30. The molecule has 1 heterocycles. The number of halogens is 2. The Bertz CT molecular complexity index is 579. The lowest BCUT2D eigenvalue weighted by Gasteiger charge is -2.21. The lowest BCUT2D eigenvalue weighted by molar-refractivity contribution is 0.350. The minimum absolute atomic E-state index is 0.394. The van der Waals surface area contributed by atoms with Gasteiger partial charge in [-0.3, -0.25) is 0 Å². The zero-order chi connectivity index (χ0) is 14.0. The van der Waals surface area contributed by atoms with Crippen LogP contribution in [0.15, 0.2) is 22.7 Å². The van der Waals surface area contributed by atoms with Gasteiger partial charge in [0.2, 0.25) is 0 Å². The van der Waals surface area contributed by atoms with Gasteiger partial charge in [0.05, 0.1) is 15.6 Å². The highest BCUT2D eigenvalue weighted by molar-refractivity contribution is 6.42. The predicted molar refractivity (Wildman–Crippen MR) is 76.2 cm³/mol. The third-order valence-corrected chi connectivity index (χ3v) is 4.04. The first-order valence-electron chi connectivity index (χ1n) is 6.08. The molecule has 1 aromatic carbocycles. The Morgan fingerprint density at radius 2 is 1.89 bits per heavy atom. The second kappa shape index (κ2) is 5.49. The van der Waals surface area contributed by atoms with Crippen molar-refractivity contribution in [1.82, 2.24) is 10.1 Å². The van der Waals surface area contributed by atoms with Gasteiger partial charge in [0, 0.05) is 5.56 Å². The van der Waals surface area contributed by atoms with Gasteiger partial charge in [0.1, 0.15) is 0 Å². The van der Waals surface area contributed by atoms with Crippen molar-refractivity contribution in [1.29, 1.82) is 0 Å². The highest BCUT2D eigenvalue weighted by Gasteiger charge is 2.29. The first-order valence-corrected chi connectivity index (χ1v) is 6.84. The van der Waals surface area contributed by atoms with Gasteiger partial charge in [-0.05, 0) is 31.0 Å². The van der Waals surface area contributed by atoms with Gasteiger partial charge in [-0.15, -0.1) is 0 Å². The Labute approximate surface area is 121 Å². The molecule has 0 aliphatic carbocycles. The quantitative estimate of drug-likeness (QED) is 0.926. The third kappa shape index (κ3) is 2.76. The average molecular weight is 300 g/mol. The summed E-state index contributed by atoms with van der Waals surface area (Å²) in [5.74, 6) is 0.906. The van der Waals surface area contributed by atoms with Gasteiger partial charge >= 0.3 is 0 Å². The van der Waals surface area contributed by atoms with Gasteiger partial charge in [0.25, 0.3) is 5.89 Å². The molecule has 2 rings (SSSR count). The summed E-state index contributed by atoms with van der Waals surface area (Å²) >= 11 is 11.8. The fourth-order valence-electron chi connectivity index (χ4n) is 1.74. The van der Waals surface area contributed by atoms with Crippen LogP contribution in [0, 0.1) is 0 Å². The molecule has 6 heteroatoms. The SMILES string of the molecule is CCC(N)(CC)c1noc(-c2ccc(Cl)c(Cl)c2)n1. The molecule has 1 aromatic heterocycles. The summed E-state index contributed by atoms with van der Waals surface area (Å²) in [6.07, 6.45) is 1.48. The smallest absolute Gasteiger partial charge is 0.258 e. The Kier molecular flexibility index (Phi) is 4.13. The van der Waals surface area contributed by atoms with Gasteiger partial charge in [-0.25, -0.2) is 0 Å². The predicted octanol–water partition coefficient (Wildman–Crippen LogP) is 4.02. The maximum atomic E-state index is 6.23. The number of aromatic nitrogens is 2. The van der Waals surface area contributed by atoms with E-state index >= 15 is 0 Å².